The fraction of sp³-hybridized carbons (Fsp3) is 0.333. The lowest BCUT2D eigenvalue weighted by Gasteiger charge is -2.20. The van der Waals surface area contributed by atoms with E-state index in [2.05, 4.69) is 21.2 Å². The predicted octanol–water partition coefficient (Wildman–Crippen LogP) is 2.90. The molecule has 5 nitrogen and oxygen atoms in total. The third-order valence-corrected chi connectivity index (χ3v) is 2.38. The van der Waals surface area contributed by atoms with E-state index in [4.69, 9.17) is 10.5 Å². The minimum absolute atomic E-state index is 0.218. The van der Waals surface area contributed by atoms with Crippen LogP contribution in [0.15, 0.2) is 22.7 Å². The zero-order chi connectivity index (χ0) is 13.9. The number of amides is 2. The van der Waals surface area contributed by atoms with Crippen LogP contribution in [-0.2, 0) is 4.74 Å². The molecule has 2 amide bonds. The minimum atomic E-state index is -0.632. The van der Waals surface area contributed by atoms with Crippen molar-refractivity contribution in [3.05, 3.63) is 28.2 Å². The molecule has 0 heterocycles. The molecule has 1 aromatic rings. The molecule has 0 aliphatic heterocycles. The lowest BCUT2D eigenvalue weighted by molar-refractivity contribution is 0.0636. The average Bonchev–Trinajstić information content (AvgIpc) is 2.17. The third-order valence-electron chi connectivity index (χ3n) is 1.88. The van der Waals surface area contributed by atoms with Crippen LogP contribution in [0.25, 0.3) is 0 Å². The van der Waals surface area contributed by atoms with Gasteiger partial charge in [0.05, 0.1) is 11.3 Å². The summed E-state index contributed by atoms with van der Waals surface area (Å²) in [4.78, 5) is 22.8. The molecule has 0 atom stereocenters. The molecule has 1 rings (SSSR count). The molecule has 0 bridgehead atoms. The van der Waals surface area contributed by atoms with Crippen LogP contribution in [0.2, 0.25) is 0 Å². The number of hydrogen-bond donors (Lipinski definition) is 2. The Balaban J connectivity index is 2.91. The van der Waals surface area contributed by atoms with Crippen LogP contribution >= 0.6 is 15.9 Å². The largest absolute Gasteiger partial charge is 0.444 e. The van der Waals surface area contributed by atoms with Gasteiger partial charge in [0.1, 0.15) is 5.60 Å². The SMILES string of the molecule is CC(C)(C)OC(=O)Nc1ccc(Br)cc1C(N)=O. The molecule has 0 fully saturated rings. The van der Waals surface area contributed by atoms with E-state index in [1.165, 1.54) is 6.07 Å². The summed E-state index contributed by atoms with van der Waals surface area (Å²) < 4.78 is 5.79. The maximum Gasteiger partial charge on any atom is 0.412 e. The van der Waals surface area contributed by atoms with E-state index in [9.17, 15) is 9.59 Å². The molecule has 98 valence electrons. The van der Waals surface area contributed by atoms with Gasteiger partial charge >= 0.3 is 6.09 Å². The van der Waals surface area contributed by atoms with Gasteiger partial charge in [0.25, 0.3) is 5.91 Å². The van der Waals surface area contributed by atoms with E-state index in [1.54, 1.807) is 32.9 Å². The number of carbonyl (C=O) groups excluding carboxylic acids is 2. The molecule has 0 aliphatic carbocycles. The van der Waals surface area contributed by atoms with Crippen molar-refractivity contribution in [3.8, 4) is 0 Å². The van der Waals surface area contributed by atoms with Crippen molar-refractivity contribution in [1.29, 1.82) is 0 Å². The number of ether oxygens (including phenoxy) is 1. The van der Waals surface area contributed by atoms with Crippen molar-refractivity contribution in [1.82, 2.24) is 0 Å². The van der Waals surface area contributed by atoms with Gasteiger partial charge in [-0.2, -0.15) is 0 Å². The Bertz CT molecular complexity index is 481. The highest BCUT2D eigenvalue weighted by atomic mass is 79.9. The molecule has 1 aromatic carbocycles. The van der Waals surface area contributed by atoms with Crippen LogP contribution in [0.1, 0.15) is 31.1 Å². The van der Waals surface area contributed by atoms with Crippen LogP contribution < -0.4 is 11.1 Å². The van der Waals surface area contributed by atoms with E-state index < -0.39 is 17.6 Å². The number of nitrogens with one attached hydrogen (secondary N) is 1. The summed E-state index contributed by atoms with van der Waals surface area (Å²) in [7, 11) is 0. The maximum atomic E-state index is 11.6. The van der Waals surface area contributed by atoms with Gasteiger partial charge in [-0.1, -0.05) is 15.9 Å². The Morgan fingerprint density at radius 2 is 1.94 bits per heavy atom. The molecular weight excluding hydrogens is 300 g/mol. The van der Waals surface area contributed by atoms with Gasteiger partial charge in [-0.05, 0) is 39.0 Å². The number of nitrogens with two attached hydrogens (primary N) is 1. The van der Waals surface area contributed by atoms with Gasteiger partial charge in [-0.25, -0.2) is 4.79 Å². The van der Waals surface area contributed by atoms with E-state index >= 15 is 0 Å². The van der Waals surface area contributed by atoms with Crippen molar-refractivity contribution < 1.29 is 14.3 Å². The summed E-state index contributed by atoms with van der Waals surface area (Å²) in [6, 6.07) is 4.81. The molecule has 6 heteroatoms. The Morgan fingerprint density at radius 3 is 2.44 bits per heavy atom. The molecule has 18 heavy (non-hydrogen) atoms. The topological polar surface area (TPSA) is 81.4 Å². The van der Waals surface area contributed by atoms with Gasteiger partial charge in [0, 0.05) is 4.47 Å². The summed E-state index contributed by atoms with van der Waals surface area (Å²) >= 11 is 3.23. The number of anilines is 1. The van der Waals surface area contributed by atoms with Crippen molar-refractivity contribution >= 4 is 33.6 Å². The summed E-state index contributed by atoms with van der Waals surface area (Å²) in [5.74, 6) is -0.623. The number of carbonyl (C=O) groups is 2. The second-order valence-corrected chi connectivity index (χ2v) is 5.60. The number of halogens is 1. The molecule has 0 aromatic heterocycles. The fourth-order valence-electron chi connectivity index (χ4n) is 1.24. The van der Waals surface area contributed by atoms with Gasteiger partial charge in [0.2, 0.25) is 0 Å². The first-order valence-electron chi connectivity index (χ1n) is 5.28. The third kappa shape index (κ3) is 4.37. The van der Waals surface area contributed by atoms with Crippen LogP contribution in [0.3, 0.4) is 0 Å². The van der Waals surface area contributed by atoms with Gasteiger partial charge in [-0.3, -0.25) is 10.1 Å². The van der Waals surface area contributed by atoms with Gasteiger partial charge < -0.3 is 10.5 Å². The van der Waals surface area contributed by atoms with Crippen LogP contribution in [0, 0.1) is 0 Å². The molecule has 3 N–H and O–H groups in total. The quantitative estimate of drug-likeness (QED) is 0.880. The van der Waals surface area contributed by atoms with E-state index in [0.29, 0.717) is 10.2 Å². The second-order valence-electron chi connectivity index (χ2n) is 4.68. The first-order valence-corrected chi connectivity index (χ1v) is 6.08. The van der Waals surface area contributed by atoms with Crippen molar-refractivity contribution in [3.63, 3.8) is 0 Å². The van der Waals surface area contributed by atoms with Crippen molar-refractivity contribution in [2.75, 3.05) is 5.32 Å². The Kier molecular flexibility index (Phi) is 4.34. The Morgan fingerprint density at radius 1 is 1.33 bits per heavy atom. The van der Waals surface area contributed by atoms with Crippen LogP contribution in [-0.4, -0.2) is 17.6 Å². The lowest BCUT2D eigenvalue weighted by atomic mass is 10.1. The van der Waals surface area contributed by atoms with E-state index in [0.717, 1.165) is 0 Å². The van der Waals surface area contributed by atoms with E-state index in [1.807, 2.05) is 0 Å². The Labute approximate surface area is 114 Å². The summed E-state index contributed by atoms with van der Waals surface area (Å²) in [5, 5.41) is 2.49. The molecule has 0 saturated heterocycles. The standard InChI is InChI=1S/C12H15BrN2O3/c1-12(2,3)18-11(17)15-9-5-4-7(13)6-8(9)10(14)16/h4-6H,1-3H3,(H2,14,16)(H,15,17). The van der Waals surface area contributed by atoms with Crippen LogP contribution in [0.4, 0.5) is 10.5 Å². The van der Waals surface area contributed by atoms with Crippen molar-refractivity contribution in [2.45, 2.75) is 26.4 Å². The lowest BCUT2D eigenvalue weighted by Crippen LogP contribution is -2.28. The highest BCUT2D eigenvalue weighted by Gasteiger charge is 2.18. The molecule has 0 radical (unpaired) electrons. The second kappa shape index (κ2) is 5.39. The maximum absolute atomic E-state index is 11.6. The molecule has 0 saturated carbocycles. The number of benzene rings is 1. The first-order chi connectivity index (χ1) is 8.19. The predicted molar refractivity (Wildman–Crippen MR) is 72.5 cm³/mol. The normalized spacial score (nSPS) is 10.9. The molecular formula is C12H15BrN2O3. The molecule has 0 spiro atoms. The number of hydrogen-bond acceptors (Lipinski definition) is 3. The zero-order valence-electron chi connectivity index (χ0n) is 10.4. The molecule has 0 aliphatic rings. The Hall–Kier alpha value is -1.56. The van der Waals surface area contributed by atoms with E-state index in [-0.39, 0.29) is 5.56 Å². The highest BCUT2D eigenvalue weighted by Crippen LogP contribution is 2.21. The molecule has 0 unspecified atom stereocenters. The summed E-state index contributed by atoms with van der Waals surface area (Å²) in [6.45, 7) is 5.26. The average molecular weight is 315 g/mol. The smallest absolute Gasteiger partial charge is 0.412 e. The fourth-order valence-corrected chi connectivity index (χ4v) is 1.60. The monoisotopic (exact) mass is 314 g/mol. The van der Waals surface area contributed by atoms with Crippen molar-refractivity contribution in [2.24, 2.45) is 5.73 Å². The number of rotatable bonds is 2. The first kappa shape index (κ1) is 14.5. The minimum Gasteiger partial charge on any atom is -0.444 e. The van der Waals surface area contributed by atoms with Gasteiger partial charge in [0.15, 0.2) is 0 Å². The zero-order valence-corrected chi connectivity index (χ0v) is 12.0. The number of primary amides is 1. The summed E-state index contributed by atoms with van der Waals surface area (Å²) in [5.41, 5.74) is 5.17. The highest BCUT2D eigenvalue weighted by molar-refractivity contribution is 9.10. The van der Waals surface area contributed by atoms with Gasteiger partial charge in [-0.15, -0.1) is 0 Å². The summed E-state index contributed by atoms with van der Waals surface area (Å²) in [6.07, 6.45) is -0.632. The van der Waals surface area contributed by atoms with Crippen LogP contribution in [0.5, 0.6) is 0 Å².